The number of rotatable bonds is 3. The molecule has 7 nitrogen and oxygen atoms in total. The Labute approximate surface area is 125 Å². The van der Waals surface area contributed by atoms with Crippen molar-refractivity contribution in [1.29, 1.82) is 0 Å². The lowest BCUT2D eigenvalue weighted by Crippen LogP contribution is -2.37. The van der Waals surface area contributed by atoms with Crippen LogP contribution < -0.4 is 16.7 Å². The molecule has 0 atom stereocenters. The van der Waals surface area contributed by atoms with Crippen LogP contribution in [-0.4, -0.2) is 20.3 Å². The summed E-state index contributed by atoms with van der Waals surface area (Å²) in [5.41, 5.74) is 3.88. The van der Waals surface area contributed by atoms with Crippen molar-refractivity contribution in [2.75, 3.05) is 5.43 Å². The fourth-order valence-corrected chi connectivity index (χ4v) is 2.21. The third kappa shape index (κ3) is 2.32. The minimum Gasteiger partial charge on any atom is -0.361 e. The van der Waals surface area contributed by atoms with Crippen molar-refractivity contribution in [2.24, 2.45) is 19.2 Å². The van der Waals surface area contributed by atoms with Crippen LogP contribution in [0.1, 0.15) is 5.56 Å². The van der Waals surface area contributed by atoms with Crippen LogP contribution in [0.25, 0.3) is 10.9 Å². The molecule has 3 rings (SSSR count). The highest BCUT2D eigenvalue weighted by Gasteiger charge is 2.04. The van der Waals surface area contributed by atoms with Gasteiger partial charge < -0.3 is 4.98 Å². The molecule has 0 bridgehead atoms. The van der Waals surface area contributed by atoms with Crippen LogP contribution in [0.4, 0.5) is 5.82 Å². The molecular weight excluding hydrogens is 282 g/mol. The lowest BCUT2D eigenvalue weighted by Gasteiger charge is -2.07. The second-order valence-corrected chi connectivity index (χ2v) is 4.93. The predicted octanol–water partition coefficient (Wildman–Crippen LogP) is 1.01. The first-order valence-electron chi connectivity index (χ1n) is 6.70. The quantitative estimate of drug-likeness (QED) is 0.559. The van der Waals surface area contributed by atoms with Gasteiger partial charge in [-0.2, -0.15) is 5.10 Å². The third-order valence-electron chi connectivity index (χ3n) is 3.53. The maximum absolute atomic E-state index is 11.8. The van der Waals surface area contributed by atoms with Crippen LogP contribution >= 0.6 is 0 Å². The number of aromatic amines is 1. The number of nitrogens with one attached hydrogen (secondary N) is 2. The Bertz CT molecular complexity index is 977. The number of hydrogen-bond acceptors (Lipinski definition) is 4. The Morgan fingerprint density at radius 1 is 1.18 bits per heavy atom. The normalized spacial score (nSPS) is 11.4. The van der Waals surface area contributed by atoms with Crippen molar-refractivity contribution in [3.05, 3.63) is 62.9 Å². The Hall–Kier alpha value is -3.09. The second-order valence-electron chi connectivity index (χ2n) is 4.93. The minimum atomic E-state index is -0.405. The molecule has 0 spiro atoms. The molecule has 2 N–H and O–H groups in total. The number of H-pyrrole nitrogens is 1. The van der Waals surface area contributed by atoms with Gasteiger partial charge in [0.05, 0.1) is 6.21 Å². The van der Waals surface area contributed by atoms with Gasteiger partial charge in [-0.3, -0.25) is 19.4 Å². The predicted molar refractivity (Wildman–Crippen MR) is 86.4 cm³/mol. The molecule has 2 aromatic heterocycles. The van der Waals surface area contributed by atoms with Crippen LogP contribution in [-0.2, 0) is 14.1 Å². The summed E-state index contributed by atoms with van der Waals surface area (Å²) in [6.45, 7) is 0. The highest BCUT2D eigenvalue weighted by molar-refractivity contribution is 5.99. The lowest BCUT2D eigenvalue weighted by molar-refractivity contribution is 0.690. The van der Waals surface area contributed by atoms with Crippen LogP contribution in [0.5, 0.6) is 0 Å². The van der Waals surface area contributed by atoms with E-state index in [1.165, 1.54) is 17.7 Å². The average Bonchev–Trinajstić information content (AvgIpc) is 2.94. The zero-order valence-electron chi connectivity index (χ0n) is 12.2. The van der Waals surface area contributed by atoms with Gasteiger partial charge in [0.15, 0.2) is 0 Å². The smallest absolute Gasteiger partial charge is 0.332 e. The van der Waals surface area contributed by atoms with E-state index in [0.29, 0.717) is 5.82 Å². The van der Waals surface area contributed by atoms with E-state index in [2.05, 4.69) is 15.5 Å². The van der Waals surface area contributed by atoms with E-state index in [1.54, 1.807) is 13.3 Å². The van der Waals surface area contributed by atoms with Gasteiger partial charge in [0.25, 0.3) is 5.56 Å². The molecular formula is C15H15N5O2. The van der Waals surface area contributed by atoms with E-state index in [1.807, 2.05) is 30.5 Å². The number of anilines is 1. The summed E-state index contributed by atoms with van der Waals surface area (Å²) >= 11 is 0. The monoisotopic (exact) mass is 297 g/mol. The molecule has 112 valence electrons. The highest BCUT2D eigenvalue weighted by atomic mass is 16.2. The van der Waals surface area contributed by atoms with E-state index >= 15 is 0 Å². The van der Waals surface area contributed by atoms with Crippen molar-refractivity contribution >= 4 is 22.9 Å². The molecule has 0 radical (unpaired) electrons. The molecule has 0 saturated heterocycles. The topological polar surface area (TPSA) is 84.2 Å². The van der Waals surface area contributed by atoms with E-state index in [9.17, 15) is 9.59 Å². The van der Waals surface area contributed by atoms with Gasteiger partial charge in [0, 0.05) is 42.8 Å². The summed E-state index contributed by atoms with van der Waals surface area (Å²) in [7, 11) is 3.01. The molecule has 0 amide bonds. The molecule has 2 heterocycles. The first kappa shape index (κ1) is 13.9. The van der Waals surface area contributed by atoms with Gasteiger partial charge in [-0.25, -0.2) is 4.79 Å². The maximum Gasteiger partial charge on any atom is 0.332 e. The molecule has 0 fully saturated rings. The van der Waals surface area contributed by atoms with E-state index in [4.69, 9.17) is 0 Å². The minimum absolute atomic E-state index is 0.337. The number of aromatic nitrogens is 3. The van der Waals surface area contributed by atoms with E-state index in [0.717, 1.165) is 21.0 Å². The number of benzene rings is 1. The Morgan fingerprint density at radius 2 is 1.95 bits per heavy atom. The van der Waals surface area contributed by atoms with Gasteiger partial charge in [-0.1, -0.05) is 18.2 Å². The summed E-state index contributed by atoms with van der Waals surface area (Å²) in [6.07, 6.45) is 3.49. The highest BCUT2D eigenvalue weighted by Crippen LogP contribution is 2.15. The van der Waals surface area contributed by atoms with Gasteiger partial charge in [-0.15, -0.1) is 0 Å². The molecule has 0 saturated carbocycles. The van der Waals surface area contributed by atoms with Crippen LogP contribution in [0, 0.1) is 0 Å². The molecule has 0 aliphatic rings. The van der Waals surface area contributed by atoms with E-state index in [-0.39, 0.29) is 5.56 Å². The standard InChI is InChI=1S/C15H15N5O2/c1-19-13(7-14(21)20(2)15(19)22)18-17-9-10-8-16-12-6-4-3-5-11(10)12/h3-9,16,18H,1-2H3/b17-9+. The van der Waals surface area contributed by atoms with Crippen molar-refractivity contribution in [2.45, 2.75) is 0 Å². The molecule has 0 aliphatic heterocycles. The SMILES string of the molecule is Cn1c(N/N=C/c2c[nH]c3ccccc23)cc(=O)n(C)c1=O. The number of hydrogen-bond donors (Lipinski definition) is 2. The summed E-state index contributed by atoms with van der Waals surface area (Å²) in [6, 6.07) is 9.19. The van der Waals surface area contributed by atoms with Crippen molar-refractivity contribution < 1.29 is 0 Å². The van der Waals surface area contributed by atoms with Crippen molar-refractivity contribution in [3.8, 4) is 0 Å². The number of nitrogens with zero attached hydrogens (tertiary/aromatic N) is 3. The lowest BCUT2D eigenvalue weighted by atomic mass is 10.2. The molecule has 3 aromatic rings. The first-order chi connectivity index (χ1) is 10.6. The van der Waals surface area contributed by atoms with E-state index < -0.39 is 5.69 Å². The van der Waals surface area contributed by atoms with Crippen LogP contribution in [0.2, 0.25) is 0 Å². The van der Waals surface area contributed by atoms with Gasteiger partial charge in [0.2, 0.25) is 0 Å². The number of para-hydroxylation sites is 1. The van der Waals surface area contributed by atoms with Crippen LogP contribution in [0.15, 0.2) is 51.2 Å². The fraction of sp³-hybridized carbons (Fsp3) is 0.133. The molecule has 1 aromatic carbocycles. The molecule has 0 aliphatic carbocycles. The molecule has 0 unspecified atom stereocenters. The number of fused-ring (bicyclic) bond motifs is 1. The summed E-state index contributed by atoms with van der Waals surface area (Å²) in [5.74, 6) is 0.337. The first-order valence-corrected chi connectivity index (χ1v) is 6.70. The second kappa shape index (κ2) is 5.36. The third-order valence-corrected chi connectivity index (χ3v) is 3.53. The largest absolute Gasteiger partial charge is 0.361 e. The molecule has 22 heavy (non-hydrogen) atoms. The van der Waals surface area contributed by atoms with Gasteiger partial charge >= 0.3 is 5.69 Å². The Balaban J connectivity index is 1.90. The zero-order chi connectivity index (χ0) is 15.7. The Morgan fingerprint density at radius 3 is 2.77 bits per heavy atom. The Kier molecular flexibility index (Phi) is 3.38. The maximum atomic E-state index is 11.8. The average molecular weight is 297 g/mol. The summed E-state index contributed by atoms with van der Waals surface area (Å²) in [4.78, 5) is 26.6. The fourth-order valence-electron chi connectivity index (χ4n) is 2.21. The molecule has 7 heteroatoms. The summed E-state index contributed by atoms with van der Waals surface area (Å²) in [5, 5.41) is 5.15. The van der Waals surface area contributed by atoms with Gasteiger partial charge in [0.1, 0.15) is 5.82 Å². The van der Waals surface area contributed by atoms with Crippen molar-refractivity contribution in [1.82, 2.24) is 14.1 Å². The van der Waals surface area contributed by atoms with Gasteiger partial charge in [-0.05, 0) is 6.07 Å². The number of hydrazone groups is 1. The van der Waals surface area contributed by atoms with Crippen molar-refractivity contribution in [3.63, 3.8) is 0 Å². The zero-order valence-corrected chi connectivity index (χ0v) is 12.2. The summed E-state index contributed by atoms with van der Waals surface area (Å²) < 4.78 is 2.36. The van der Waals surface area contributed by atoms with Crippen LogP contribution in [0.3, 0.4) is 0 Å².